The van der Waals surface area contributed by atoms with E-state index < -0.39 is 0 Å². The van der Waals surface area contributed by atoms with Crippen LogP contribution in [0.25, 0.3) is 11.3 Å². The van der Waals surface area contributed by atoms with Crippen LogP contribution >= 0.6 is 0 Å². The third-order valence-corrected chi connectivity index (χ3v) is 2.21. The third-order valence-electron chi connectivity index (χ3n) is 2.21. The zero-order chi connectivity index (χ0) is 10.7. The number of hydrogen-bond donors (Lipinski definition) is 1. The van der Waals surface area contributed by atoms with Crippen LogP contribution in [0, 0.1) is 0 Å². The standard InChI is InChI=1S/C11H12N4/c1-15-8-7-13-10(11(15)14-12)9-5-3-2-4-6-9/h2-8H,12H2,1H3/b14-11-. The van der Waals surface area contributed by atoms with Gasteiger partial charge in [0.1, 0.15) is 5.69 Å². The van der Waals surface area contributed by atoms with Crippen LogP contribution in [-0.2, 0) is 7.05 Å². The average Bonchev–Trinajstić information content (AvgIpc) is 2.30. The van der Waals surface area contributed by atoms with E-state index in [1.54, 1.807) is 6.20 Å². The van der Waals surface area contributed by atoms with Crippen molar-refractivity contribution < 1.29 is 0 Å². The summed E-state index contributed by atoms with van der Waals surface area (Å²) in [5.41, 5.74) is 2.48. The maximum absolute atomic E-state index is 5.35. The van der Waals surface area contributed by atoms with Gasteiger partial charge >= 0.3 is 0 Å². The van der Waals surface area contributed by atoms with Gasteiger partial charge < -0.3 is 10.4 Å². The van der Waals surface area contributed by atoms with Gasteiger partial charge in [0.25, 0.3) is 0 Å². The van der Waals surface area contributed by atoms with E-state index in [0.29, 0.717) is 5.49 Å². The van der Waals surface area contributed by atoms with Crippen LogP contribution in [-0.4, -0.2) is 9.55 Å². The van der Waals surface area contributed by atoms with Gasteiger partial charge in [0.15, 0.2) is 5.49 Å². The Morgan fingerprint density at radius 2 is 2.00 bits per heavy atom. The molecule has 0 aliphatic heterocycles. The molecule has 0 amide bonds. The molecule has 0 bridgehead atoms. The Morgan fingerprint density at radius 1 is 1.27 bits per heavy atom. The molecule has 0 unspecified atom stereocenters. The van der Waals surface area contributed by atoms with Gasteiger partial charge in [-0.15, -0.1) is 0 Å². The lowest BCUT2D eigenvalue weighted by molar-refractivity contribution is 0.802. The minimum Gasteiger partial charge on any atom is -0.331 e. The van der Waals surface area contributed by atoms with Crippen molar-refractivity contribution in [1.29, 1.82) is 0 Å². The van der Waals surface area contributed by atoms with Gasteiger partial charge in [0.05, 0.1) is 0 Å². The van der Waals surface area contributed by atoms with Crippen molar-refractivity contribution in [3.8, 4) is 11.3 Å². The summed E-state index contributed by atoms with van der Waals surface area (Å²) in [6, 6.07) is 9.86. The molecule has 1 aromatic heterocycles. The van der Waals surface area contributed by atoms with E-state index in [1.165, 1.54) is 0 Å². The highest BCUT2D eigenvalue weighted by atomic mass is 15.2. The summed E-state index contributed by atoms with van der Waals surface area (Å²) in [6.07, 6.45) is 3.55. The molecule has 2 rings (SSSR count). The van der Waals surface area contributed by atoms with Crippen LogP contribution in [0.5, 0.6) is 0 Å². The first-order chi connectivity index (χ1) is 7.33. The Labute approximate surface area is 87.7 Å². The van der Waals surface area contributed by atoms with Gasteiger partial charge in [-0.3, -0.25) is 4.98 Å². The maximum Gasteiger partial charge on any atom is 0.178 e. The molecule has 0 saturated carbocycles. The molecule has 4 nitrogen and oxygen atoms in total. The van der Waals surface area contributed by atoms with E-state index in [-0.39, 0.29) is 0 Å². The summed E-state index contributed by atoms with van der Waals surface area (Å²) in [4.78, 5) is 4.29. The SMILES string of the molecule is Cn1ccnc(-c2ccccc2)/c1=N/N. The minimum atomic E-state index is 0.670. The fourth-order valence-electron chi connectivity index (χ4n) is 1.46. The number of nitrogens with two attached hydrogens (primary N) is 1. The van der Waals surface area contributed by atoms with Crippen LogP contribution < -0.4 is 11.3 Å². The summed E-state index contributed by atoms with van der Waals surface area (Å²) in [7, 11) is 1.89. The minimum absolute atomic E-state index is 0.670. The maximum atomic E-state index is 5.35. The predicted octanol–water partition coefficient (Wildman–Crippen LogP) is 0.861. The Kier molecular flexibility index (Phi) is 2.49. The van der Waals surface area contributed by atoms with E-state index in [2.05, 4.69) is 10.1 Å². The number of aryl methyl sites for hydroxylation is 1. The molecular formula is C11H12N4. The molecule has 0 spiro atoms. The second-order valence-electron chi connectivity index (χ2n) is 3.21. The molecule has 0 aliphatic carbocycles. The van der Waals surface area contributed by atoms with E-state index in [0.717, 1.165) is 11.3 Å². The third kappa shape index (κ3) is 1.74. The first kappa shape index (κ1) is 9.45. The molecule has 2 N–H and O–H groups in total. The quantitative estimate of drug-likeness (QED) is 0.548. The highest BCUT2D eigenvalue weighted by Crippen LogP contribution is 2.10. The normalized spacial score (nSPS) is 11.7. The van der Waals surface area contributed by atoms with Gasteiger partial charge in [-0.25, -0.2) is 0 Å². The molecule has 0 aliphatic rings. The van der Waals surface area contributed by atoms with Gasteiger partial charge in [-0.1, -0.05) is 30.3 Å². The van der Waals surface area contributed by atoms with Crippen LogP contribution in [0.3, 0.4) is 0 Å². The molecule has 76 valence electrons. The van der Waals surface area contributed by atoms with Gasteiger partial charge in [-0.2, -0.15) is 5.10 Å². The molecule has 1 aromatic carbocycles. The van der Waals surface area contributed by atoms with Crippen LogP contribution in [0.2, 0.25) is 0 Å². The molecule has 2 aromatic rings. The Balaban J connectivity index is 2.70. The molecule has 4 heteroatoms. The van der Waals surface area contributed by atoms with Crippen LogP contribution in [0.15, 0.2) is 47.8 Å². The Bertz CT molecular complexity index is 514. The van der Waals surface area contributed by atoms with Crippen molar-refractivity contribution in [1.82, 2.24) is 9.55 Å². The second-order valence-corrected chi connectivity index (χ2v) is 3.21. The van der Waals surface area contributed by atoms with E-state index >= 15 is 0 Å². The van der Waals surface area contributed by atoms with Crippen molar-refractivity contribution in [2.75, 3.05) is 0 Å². The van der Waals surface area contributed by atoms with Gasteiger partial charge in [-0.05, 0) is 0 Å². The molecule has 0 saturated heterocycles. The fraction of sp³-hybridized carbons (Fsp3) is 0.0909. The van der Waals surface area contributed by atoms with Gasteiger partial charge in [0.2, 0.25) is 0 Å². The first-order valence-electron chi connectivity index (χ1n) is 4.64. The summed E-state index contributed by atoms with van der Waals surface area (Å²) < 4.78 is 1.84. The van der Waals surface area contributed by atoms with Crippen molar-refractivity contribution in [3.05, 3.63) is 48.2 Å². The molecule has 0 radical (unpaired) electrons. The van der Waals surface area contributed by atoms with Crippen LogP contribution in [0.4, 0.5) is 0 Å². The molecule has 1 heterocycles. The Hall–Kier alpha value is -2.10. The molecule has 0 atom stereocenters. The predicted molar refractivity (Wildman–Crippen MR) is 58.4 cm³/mol. The first-order valence-corrected chi connectivity index (χ1v) is 4.64. The zero-order valence-corrected chi connectivity index (χ0v) is 8.46. The molecule has 0 fully saturated rings. The van der Waals surface area contributed by atoms with E-state index in [1.807, 2.05) is 48.1 Å². The zero-order valence-electron chi connectivity index (χ0n) is 8.46. The summed E-state index contributed by atoms with van der Waals surface area (Å²) in [5.74, 6) is 5.35. The fourth-order valence-corrected chi connectivity index (χ4v) is 1.46. The lowest BCUT2D eigenvalue weighted by Crippen LogP contribution is -2.22. The highest BCUT2D eigenvalue weighted by molar-refractivity contribution is 5.57. The number of rotatable bonds is 1. The summed E-state index contributed by atoms with van der Waals surface area (Å²) in [6.45, 7) is 0. The van der Waals surface area contributed by atoms with Crippen molar-refractivity contribution >= 4 is 0 Å². The lowest BCUT2D eigenvalue weighted by atomic mass is 10.1. The summed E-state index contributed by atoms with van der Waals surface area (Å²) >= 11 is 0. The van der Waals surface area contributed by atoms with E-state index in [9.17, 15) is 0 Å². The largest absolute Gasteiger partial charge is 0.331 e. The van der Waals surface area contributed by atoms with Crippen molar-refractivity contribution in [3.63, 3.8) is 0 Å². The number of benzene rings is 1. The number of hydrogen-bond acceptors (Lipinski definition) is 3. The smallest absolute Gasteiger partial charge is 0.178 e. The second kappa shape index (κ2) is 3.96. The highest BCUT2D eigenvalue weighted by Gasteiger charge is 2.02. The molecule has 15 heavy (non-hydrogen) atoms. The number of aromatic nitrogens is 2. The molecular weight excluding hydrogens is 188 g/mol. The van der Waals surface area contributed by atoms with Gasteiger partial charge in [0, 0.05) is 25.0 Å². The Morgan fingerprint density at radius 3 is 2.67 bits per heavy atom. The van der Waals surface area contributed by atoms with Crippen molar-refractivity contribution in [2.45, 2.75) is 0 Å². The number of nitrogens with zero attached hydrogens (tertiary/aromatic N) is 3. The lowest BCUT2D eigenvalue weighted by Gasteiger charge is -2.04. The summed E-state index contributed by atoms with van der Waals surface area (Å²) in [5, 5.41) is 3.75. The van der Waals surface area contributed by atoms with E-state index in [4.69, 9.17) is 5.84 Å². The monoisotopic (exact) mass is 200 g/mol. The topological polar surface area (TPSA) is 56.2 Å². The van der Waals surface area contributed by atoms with Crippen LogP contribution in [0.1, 0.15) is 0 Å². The van der Waals surface area contributed by atoms with Crippen molar-refractivity contribution in [2.24, 2.45) is 18.0 Å². The average molecular weight is 200 g/mol.